The van der Waals surface area contributed by atoms with Crippen LogP contribution in [0, 0.1) is 6.92 Å². The van der Waals surface area contributed by atoms with Crippen LogP contribution in [-0.4, -0.2) is 50.1 Å². The number of thioether (sulfide) groups is 1. The van der Waals surface area contributed by atoms with Crippen molar-refractivity contribution in [3.05, 3.63) is 32.6 Å². The molecule has 7 nitrogen and oxygen atoms in total. The van der Waals surface area contributed by atoms with Gasteiger partial charge in [0.2, 0.25) is 0 Å². The van der Waals surface area contributed by atoms with Crippen molar-refractivity contribution < 1.29 is 14.9 Å². The molecule has 1 aliphatic rings. The summed E-state index contributed by atoms with van der Waals surface area (Å²) in [5, 5.41) is 18.2. The molecule has 1 aromatic rings. The van der Waals surface area contributed by atoms with Gasteiger partial charge in [-0.1, -0.05) is 0 Å². The van der Waals surface area contributed by atoms with Gasteiger partial charge in [0.15, 0.2) is 0 Å². The zero-order chi connectivity index (χ0) is 14.7. The second-order valence-electron chi connectivity index (χ2n) is 4.66. The van der Waals surface area contributed by atoms with Gasteiger partial charge in [-0.25, -0.2) is 4.79 Å². The largest absolute Gasteiger partial charge is 0.396 e. The second-order valence-corrected chi connectivity index (χ2v) is 6.01. The summed E-state index contributed by atoms with van der Waals surface area (Å²) in [6, 6.07) is 0. The van der Waals surface area contributed by atoms with Crippen LogP contribution in [0.1, 0.15) is 18.2 Å². The lowest BCUT2D eigenvalue weighted by Gasteiger charge is -2.15. The van der Waals surface area contributed by atoms with Gasteiger partial charge in [0.1, 0.15) is 6.23 Å². The first-order chi connectivity index (χ1) is 9.56. The molecule has 1 aliphatic heterocycles. The maximum Gasteiger partial charge on any atom is 0.330 e. The van der Waals surface area contributed by atoms with Crippen LogP contribution in [0.5, 0.6) is 0 Å². The lowest BCUT2D eigenvalue weighted by molar-refractivity contribution is -0.0238. The molecule has 1 aromatic heterocycles. The molecule has 3 N–H and O–H groups in total. The number of H-pyrrole nitrogens is 1. The first kappa shape index (κ1) is 15.3. The minimum atomic E-state index is -0.518. The van der Waals surface area contributed by atoms with Gasteiger partial charge in [0.05, 0.1) is 19.3 Å². The van der Waals surface area contributed by atoms with E-state index in [1.807, 2.05) is 0 Å². The predicted octanol–water partition coefficient (Wildman–Crippen LogP) is -0.781. The molecule has 2 rings (SSSR count). The van der Waals surface area contributed by atoms with Gasteiger partial charge in [-0.3, -0.25) is 14.3 Å². The quantitative estimate of drug-likeness (QED) is 0.659. The molecule has 0 spiro atoms. The Kier molecular flexibility index (Phi) is 5.03. The van der Waals surface area contributed by atoms with Crippen molar-refractivity contribution in [2.45, 2.75) is 30.9 Å². The molecule has 112 valence electrons. The molecule has 0 aliphatic carbocycles. The fourth-order valence-electron chi connectivity index (χ4n) is 2.21. The van der Waals surface area contributed by atoms with Crippen LogP contribution in [0.15, 0.2) is 15.8 Å². The number of aromatic nitrogens is 2. The maximum atomic E-state index is 11.8. The number of aliphatic hydroxyl groups is 2. The summed E-state index contributed by atoms with van der Waals surface area (Å²) in [5.41, 5.74) is -0.496. The van der Waals surface area contributed by atoms with Crippen molar-refractivity contribution in [3.8, 4) is 0 Å². The van der Waals surface area contributed by atoms with Gasteiger partial charge >= 0.3 is 5.69 Å². The standard InChI is InChI=1S/C12H18N2O5S/c1-7-5-14(12(18)13-11(7)17)10-4-9(20-3-2-15)8(6-16)19-10/h5,8-10,15-16H,2-4,6H2,1H3,(H,13,17,18)/t8-,9+,10-/m1/s1. The van der Waals surface area contributed by atoms with Crippen molar-refractivity contribution in [1.82, 2.24) is 9.55 Å². The molecule has 20 heavy (non-hydrogen) atoms. The van der Waals surface area contributed by atoms with Gasteiger partial charge in [0, 0.05) is 29.2 Å². The first-order valence-corrected chi connectivity index (χ1v) is 7.42. The van der Waals surface area contributed by atoms with Gasteiger partial charge in [0.25, 0.3) is 5.56 Å². The van der Waals surface area contributed by atoms with Crippen LogP contribution in [0.2, 0.25) is 0 Å². The highest BCUT2D eigenvalue weighted by Crippen LogP contribution is 2.35. The molecule has 0 unspecified atom stereocenters. The number of aliphatic hydroxyl groups excluding tert-OH is 2. The van der Waals surface area contributed by atoms with E-state index < -0.39 is 17.5 Å². The highest BCUT2D eigenvalue weighted by molar-refractivity contribution is 8.00. The van der Waals surface area contributed by atoms with E-state index in [1.165, 1.54) is 22.5 Å². The monoisotopic (exact) mass is 302 g/mol. The van der Waals surface area contributed by atoms with Crippen molar-refractivity contribution >= 4 is 11.8 Å². The summed E-state index contributed by atoms with van der Waals surface area (Å²) < 4.78 is 7.02. The molecule has 3 atom stereocenters. The predicted molar refractivity (Wildman–Crippen MR) is 75.0 cm³/mol. The Bertz CT molecular complexity index is 570. The highest BCUT2D eigenvalue weighted by atomic mass is 32.2. The third-order valence-electron chi connectivity index (χ3n) is 3.24. The van der Waals surface area contributed by atoms with Crippen LogP contribution in [-0.2, 0) is 4.74 Å². The maximum absolute atomic E-state index is 11.8. The van der Waals surface area contributed by atoms with Crippen LogP contribution >= 0.6 is 11.8 Å². The molecule has 0 aromatic carbocycles. The number of hydrogen-bond acceptors (Lipinski definition) is 6. The number of hydrogen-bond donors (Lipinski definition) is 3. The lowest BCUT2D eigenvalue weighted by Crippen LogP contribution is -2.33. The summed E-state index contributed by atoms with van der Waals surface area (Å²) >= 11 is 1.51. The number of aryl methyl sites for hydroxylation is 1. The van der Waals surface area contributed by atoms with E-state index in [2.05, 4.69) is 4.98 Å². The van der Waals surface area contributed by atoms with Crippen molar-refractivity contribution in [3.63, 3.8) is 0 Å². The average molecular weight is 302 g/mol. The third-order valence-corrected chi connectivity index (χ3v) is 4.58. The van der Waals surface area contributed by atoms with E-state index in [9.17, 15) is 14.7 Å². The lowest BCUT2D eigenvalue weighted by atomic mass is 10.2. The van der Waals surface area contributed by atoms with Crippen LogP contribution in [0.4, 0.5) is 0 Å². The Morgan fingerprint density at radius 3 is 2.90 bits per heavy atom. The van der Waals surface area contributed by atoms with E-state index >= 15 is 0 Å². The van der Waals surface area contributed by atoms with Crippen molar-refractivity contribution in [2.24, 2.45) is 0 Å². The fraction of sp³-hybridized carbons (Fsp3) is 0.667. The van der Waals surface area contributed by atoms with Gasteiger partial charge < -0.3 is 14.9 Å². The van der Waals surface area contributed by atoms with Gasteiger partial charge in [-0.2, -0.15) is 11.8 Å². The van der Waals surface area contributed by atoms with E-state index in [0.29, 0.717) is 17.7 Å². The summed E-state index contributed by atoms with van der Waals surface area (Å²) in [7, 11) is 0. The summed E-state index contributed by atoms with van der Waals surface area (Å²) in [5.74, 6) is 0.552. The normalized spacial score (nSPS) is 26.1. The molecule has 0 amide bonds. The van der Waals surface area contributed by atoms with Crippen molar-refractivity contribution in [2.75, 3.05) is 19.0 Å². The number of nitrogens with zero attached hydrogens (tertiary/aromatic N) is 1. The molecule has 0 radical (unpaired) electrons. The first-order valence-electron chi connectivity index (χ1n) is 6.37. The Morgan fingerprint density at radius 2 is 2.25 bits per heavy atom. The topological polar surface area (TPSA) is 105 Å². The molecular formula is C12H18N2O5S. The molecule has 1 saturated heterocycles. The summed E-state index contributed by atoms with van der Waals surface area (Å²) in [4.78, 5) is 25.4. The summed E-state index contributed by atoms with van der Waals surface area (Å²) in [6.45, 7) is 1.53. The molecule has 8 heteroatoms. The van der Waals surface area contributed by atoms with E-state index in [1.54, 1.807) is 6.92 Å². The highest BCUT2D eigenvalue weighted by Gasteiger charge is 2.36. The number of aromatic amines is 1. The third kappa shape index (κ3) is 3.14. The Balaban J connectivity index is 2.20. The minimum Gasteiger partial charge on any atom is -0.396 e. The second kappa shape index (κ2) is 6.57. The molecule has 2 heterocycles. The van der Waals surface area contributed by atoms with Crippen LogP contribution in [0.3, 0.4) is 0 Å². The fourth-order valence-corrected chi connectivity index (χ4v) is 3.29. The SMILES string of the molecule is Cc1cn([C@H]2C[C@H](SCCO)[C@@H](CO)O2)c(=O)[nH]c1=O. The zero-order valence-electron chi connectivity index (χ0n) is 11.1. The minimum absolute atomic E-state index is 0.0104. The van der Waals surface area contributed by atoms with E-state index in [-0.39, 0.29) is 24.6 Å². The van der Waals surface area contributed by atoms with Gasteiger partial charge in [-0.05, 0) is 6.92 Å². The molecule has 0 bridgehead atoms. The van der Waals surface area contributed by atoms with E-state index in [4.69, 9.17) is 9.84 Å². The Labute approximate surface area is 119 Å². The van der Waals surface area contributed by atoms with Crippen LogP contribution < -0.4 is 11.2 Å². The number of ether oxygens (including phenoxy) is 1. The molecule has 0 saturated carbocycles. The Morgan fingerprint density at radius 1 is 1.50 bits per heavy atom. The smallest absolute Gasteiger partial charge is 0.330 e. The molecular weight excluding hydrogens is 284 g/mol. The Hall–Kier alpha value is -1.09. The summed E-state index contributed by atoms with van der Waals surface area (Å²) in [6.07, 6.45) is 1.13. The van der Waals surface area contributed by atoms with E-state index in [0.717, 1.165) is 0 Å². The van der Waals surface area contributed by atoms with Crippen molar-refractivity contribution in [1.29, 1.82) is 0 Å². The van der Waals surface area contributed by atoms with Crippen LogP contribution in [0.25, 0.3) is 0 Å². The average Bonchev–Trinajstić information content (AvgIpc) is 2.83. The number of rotatable bonds is 5. The number of nitrogens with one attached hydrogen (secondary N) is 1. The molecule has 1 fully saturated rings. The zero-order valence-corrected chi connectivity index (χ0v) is 11.9. The van der Waals surface area contributed by atoms with Gasteiger partial charge in [-0.15, -0.1) is 0 Å².